The van der Waals surface area contributed by atoms with Crippen molar-refractivity contribution in [1.29, 1.82) is 0 Å². The molecule has 0 rings (SSSR count). The molecular formula is C7H2F10O. The molecule has 0 heterocycles. The third kappa shape index (κ3) is 2.03. The first-order valence-corrected chi connectivity index (χ1v) is 3.70. The minimum absolute atomic E-state index is 0.901. The summed E-state index contributed by atoms with van der Waals surface area (Å²) in [4.78, 5) is 9.36. The van der Waals surface area contributed by atoms with E-state index in [4.69, 9.17) is 0 Å². The Morgan fingerprint density at radius 2 is 1.00 bits per heavy atom. The average molecular weight is 292 g/mol. The minimum atomic E-state index is -7.23. The van der Waals surface area contributed by atoms with Crippen LogP contribution in [0.1, 0.15) is 0 Å². The first-order valence-electron chi connectivity index (χ1n) is 3.70. The van der Waals surface area contributed by atoms with Crippen LogP contribution in [0.15, 0.2) is 0 Å². The molecular weight excluding hydrogens is 290 g/mol. The van der Waals surface area contributed by atoms with E-state index in [0.29, 0.717) is 0 Å². The van der Waals surface area contributed by atoms with Crippen molar-refractivity contribution in [3.05, 3.63) is 6.92 Å². The van der Waals surface area contributed by atoms with Crippen molar-refractivity contribution >= 4 is 6.29 Å². The fourth-order valence-corrected chi connectivity index (χ4v) is 0.688. The van der Waals surface area contributed by atoms with Gasteiger partial charge in [-0.05, 0) is 0 Å². The highest BCUT2D eigenvalue weighted by molar-refractivity contribution is 5.63. The Balaban J connectivity index is 5.87. The lowest BCUT2D eigenvalue weighted by atomic mass is 9.96. The average Bonchev–Trinajstić information content (AvgIpc) is 2.15. The van der Waals surface area contributed by atoms with Crippen LogP contribution in [0.3, 0.4) is 0 Å². The van der Waals surface area contributed by atoms with E-state index >= 15 is 0 Å². The number of alkyl halides is 10. The molecule has 1 nitrogen and oxygen atoms in total. The third-order valence-corrected chi connectivity index (χ3v) is 1.77. The summed E-state index contributed by atoms with van der Waals surface area (Å²) in [6.07, 6.45) is -0.901. The van der Waals surface area contributed by atoms with Gasteiger partial charge in [0.05, 0.1) is 0 Å². The van der Waals surface area contributed by atoms with Gasteiger partial charge in [0.2, 0.25) is 0 Å². The lowest BCUT2D eigenvalue weighted by Crippen LogP contribution is -2.67. The SMILES string of the molecule is [CH2]C(F)(F)C(F)(F)C(F)(F)C(F)(F)C(F)(F)[C]=O. The normalized spacial score (nSPS) is 15.7. The zero-order valence-corrected chi connectivity index (χ0v) is 7.89. The van der Waals surface area contributed by atoms with Crippen molar-refractivity contribution in [3.8, 4) is 0 Å². The monoisotopic (exact) mass is 292 g/mol. The van der Waals surface area contributed by atoms with Crippen LogP contribution in [-0.2, 0) is 4.79 Å². The number of halogens is 10. The highest BCUT2D eigenvalue weighted by Gasteiger charge is 2.85. The zero-order valence-electron chi connectivity index (χ0n) is 7.89. The topological polar surface area (TPSA) is 17.1 Å². The van der Waals surface area contributed by atoms with Crippen LogP contribution in [0.5, 0.6) is 0 Å². The van der Waals surface area contributed by atoms with Gasteiger partial charge >= 0.3 is 29.6 Å². The molecule has 0 spiro atoms. The summed E-state index contributed by atoms with van der Waals surface area (Å²) in [6, 6.07) is 0. The van der Waals surface area contributed by atoms with E-state index < -0.39 is 35.9 Å². The van der Waals surface area contributed by atoms with Gasteiger partial charge in [-0.2, -0.15) is 43.9 Å². The quantitative estimate of drug-likeness (QED) is 0.712. The maximum absolute atomic E-state index is 12.5. The van der Waals surface area contributed by atoms with E-state index in [2.05, 4.69) is 0 Å². The molecule has 0 aromatic carbocycles. The van der Waals surface area contributed by atoms with Crippen molar-refractivity contribution < 1.29 is 48.7 Å². The molecule has 18 heavy (non-hydrogen) atoms. The summed E-state index contributed by atoms with van der Waals surface area (Å²) < 4.78 is 123. The lowest BCUT2D eigenvalue weighted by molar-refractivity contribution is -0.384. The summed E-state index contributed by atoms with van der Waals surface area (Å²) in [6.45, 7) is 1.19. The second-order valence-corrected chi connectivity index (χ2v) is 3.10. The molecule has 0 bridgehead atoms. The van der Waals surface area contributed by atoms with E-state index in [1.165, 1.54) is 6.92 Å². The molecule has 0 amide bonds. The minimum Gasteiger partial charge on any atom is -0.283 e. The van der Waals surface area contributed by atoms with Crippen LogP contribution in [0.4, 0.5) is 43.9 Å². The van der Waals surface area contributed by atoms with Gasteiger partial charge in [-0.25, -0.2) is 0 Å². The second kappa shape index (κ2) is 3.98. The Labute approximate surface area is 92.7 Å². The molecule has 0 saturated carbocycles. The Morgan fingerprint density at radius 1 is 0.667 bits per heavy atom. The largest absolute Gasteiger partial charge is 0.386 e. The first-order chi connectivity index (χ1) is 7.56. The number of rotatable bonds is 5. The van der Waals surface area contributed by atoms with Crippen molar-refractivity contribution in [3.63, 3.8) is 0 Å². The Bertz CT molecular complexity index is 328. The summed E-state index contributed by atoms with van der Waals surface area (Å²) in [7, 11) is 0. The zero-order chi connectivity index (χ0) is 15.2. The molecule has 0 saturated heterocycles. The fourth-order valence-electron chi connectivity index (χ4n) is 0.688. The van der Waals surface area contributed by atoms with Crippen molar-refractivity contribution in [2.45, 2.75) is 29.6 Å². The molecule has 0 atom stereocenters. The van der Waals surface area contributed by atoms with E-state index in [0.717, 1.165) is 0 Å². The van der Waals surface area contributed by atoms with Crippen LogP contribution < -0.4 is 0 Å². The summed E-state index contributed by atoms with van der Waals surface area (Å²) in [5, 5.41) is 0. The molecule has 0 aromatic heterocycles. The maximum Gasteiger partial charge on any atom is 0.386 e. The van der Waals surface area contributed by atoms with Gasteiger partial charge in [0.1, 0.15) is 0 Å². The Hall–Kier alpha value is -1.03. The van der Waals surface area contributed by atoms with E-state index in [-0.39, 0.29) is 0 Å². The van der Waals surface area contributed by atoms with Crippen molar-refractivity contribution in [1.82, 2.24) is 0 Å². The molecule has 0 N–H and O–H groups in total. The standard InChI is InChI=1S/C7H2F10O/c1-3(8,9)5(12,13)7(16,17)6(14,15)4(10,11)2-18/h1H2. The molecule has 0 unspecified atom stereocenters. The number of carbonyl (C=O) groups excluding carboxylic acids is 1. The van der Waals surface area contributed by atoms with Gasteiger partial charge in [0, 0.05) is 6.92 Å². The molecule has 2 radical (unpaired) electrons. The van der Waals surface area contributed by atoms with Gasteiger partial charge in [-0.1, -0.05) is 0 Å². The third-order valence-electron chi connectivity index (χ3n) is 1.77. The van der Waals surface area contributed by atoms with Crippen LogP contribution in [0.2, 0.25) is 0 Å². The molecule has 0 aromatic rings. The smallest absolute Gasteiger partial charge is 0.283 e. The maximum atomic E-state index is 12.5. The highest BCUT2D eigenvalue weighted by Crippen LogP contribution is 2.56. The fraction of sp³-hybridized carbons (Fsp3) is 0.714. The predicted octanol–water partition coefficient (Wildman–Crippen LogP) is 3.11. The Kier molecular flexibility index (Phi) is 3.76. The molecule has 0 aliphatic rings. The van der Waals surface area contributed by atoms with Gasteiger partial charge in [-0.15, -0.1) is 0 Å². The van der Waals surface area contributed by atoms with E-state index in [1.54, 1.807) is 0 Å². The van der Waals surface area contributed by atoms with Crippen LogP contribution >= 0.6 is 0 Å². The summed E-state index contributed by atoms with van der Waals surface area (Å²) >= 11 is 0. The molecule has 106 valence electrons. The number of hydrogen-bond donors (Lipinski definition) is 0. The highest BCUT2D eigenvalue weighted by atomic mass is 19.4. The van der Waals surface area contributed by atoms with Crippen LogP contribution in [0, 0.1) is 6.92 Å². The summed E-state index contributed by atoms with van der Waals surface area (Å²) in [5.41, 5.74) is 0. The van der Waals surface area contributed by atoms with Crippen LogP contribution in [0.25, 0.3) is 0 Å². The van der Waals surface area contributed by atoms with Gasteiger partial charge in [0.15, 0.2) is 0 Å². The second-order valence-electron chi connectivity index (χ2n) is 3.10. The van der Waals surface area contributed by atoms with Crippen molar-refractivity contribution in [2.24, 2.45) is 0 Å². The molecule has 0 aliphatic heterocycles. The number of hydrogen-bond acceptors (Lipinski definition) is 1. The molecule has 0 aliphatic carbocycles. The van der Waals surface area contributed by atoms with Crippen molar-refractivity contribution in [2.75, 3.05) is 0 Å². The molecule has 11 heteroatoms. The predicted molar refractivity (Wildman–Crippen MR) is 35.8 cm³/mol. The van der Waals surface area contributed by atoms with E-state index in [1.807, 2.05) is 0 Å². The molecule has 0 fully saturated rings. The van der Waals surface area contributed by atoms with Gasteiger partial charge in [0.25, 0.3) is 6.29 Å². The van der Waals surface area contributed by atoms with Crippen LogP contribution in [-0.4, -0.2) is 35.9 Å². The van der Waals surface area contributed by atoms with E-state index in [9.17, 15) is 48.7 Å². The van der Waals surface area contributed by atoms with Gasteiger partial charge < -0.3 is 0 Å². The lowest BCUT2D eigenvalue weighted by Gasteiger charge is -2.36. The first kappa shape index (κ1) is 17.0. The Morgan fingerprint density at radius 3 is 1.22 bits per heavy atom. The van der Waals surface area contributed by atoms with Gasteiger partial charge in [-0.3, -0.25) is 4.79 Å². The summed E-state index contributed by atoms with van der Waals surface area (Å²) in [5.74, 6) is -33.6.